The first-order valence-electron chi connectivity index (χ1n) is 9.47. The highest BCUT2D eigenvalue weighted by atomic mass is 35.5. The largest absolute Gasteiger partial charge is 0.480 e. The van der Waals surface area contributed by atoms with Crippen LogP contribution in [0.15, 0.2) is 83.8 Å². The van der Waals surface area contributed by atoms with Crippen molar-refractivity contribution in [2.45, 2.75) is 18.0 Å². The summed E-state index contributed by atoms with van der Waals surface area (Å²) in [5.74, 6) is -0.367. The fourth-order valence-corrected chi connectivity index (χ4v) is 4.65. The summed E-state index contributed by atoms with van der Waals surface area (Å²) < 4.78 is 38.2. The number of halogens is 1. The average Bonchev–Trinajstić information content (AvgIpc) is 2.79. The lowest BCUT2D eigenvalue weighted by Crippen LogP contribution is -2.30. The van der Waals surface area contributed by atoms with Crippen molar-refractivity contribution in [3.8, 4) is 5.75 Å². The van der Waals surface area contributed by atoms with E-state index in [-0.39, 0.29) is 35.4 Å². The summed E-state index contributed by atoms with van der Waals surface area (Å²) in [6, 6.07) is 22.9. The van der Waals surface area contributed by atoms with E-state index in [0.29, 0.717) is 0 Å². The lowest BCUT2D eigenvalue weighted by atomic mass is 10.2. The summed E-state index contributed by atoms with van der Waals surface area (Å²) in [5.41, 5.74) is 1.73. The Morgan fingerprint density at radius 3 is 1.94 bits per heavy atom. The molecular weight excluding hydrogens is 438 g/mol. The van der Waals surface area contributed by atoms with Gasteiger partial charge < -0.3 is 9.47 Å². The van der Waals surface area contributed by atoms with Crippen LogP contribution in [0.25, 0.3) is 0 Å². The zero-order valence-electron chi connectivity index (χ0n) is 16.9. The summed E-state index contributed by atoms with van der Waals surface area (Å²) >= 11 is 6.23. The Bertz CT molecular complexity index is 1080. The minimum atomic E-state index is -3.87. The second-order valence-electron chi connectivity index (χ2n) is 6.70. The van der Waals surface area contributed by atoms with Gasteiger partial charge in [0.05, 0.1) is 17.0 Å². The van der Waals surface area contributed by atoms with Gasteiger partial charge in [-0.1, -0.05) is 72.3 Å². The number of methoxy groups -OCH3 is 1. The van der Waals surface area contributed by atoms with Crippen LogP contribution in [0, 0.1) is 0 Å². The Labute approximate surface area is 187 Å². The van der Waals surface area contributed by atoms with E-state index in [1.165, 1.54) is 29.6 Å². The van der Waals surface area contributed by atoms with Crippen LogP contribution in [-0.4, -0.2) is 32.4 Å². The standard InChI is InChI=1S/C23H22ClNO5S/c1-29-23(26)17-30-22-13-12-20(14-21(22)24)31(27,28)25(15-18-8-4-2-5-9-18)16-19-10-6-3-7-11-19/h2-14H,15-17H2,1H3. The third-order valence-electron chi connectivity index (χ3n) is 4.52. The molecule has 0 aromatic heterocycles. The van der Waals surface area contributed by atoms with Crippen LogP contribution in [0.2, 0.25) is 5.02 Å². The zero-order chi connectivity index (χ0) is 22.3. The van der Waals surface area contributed by atoms with Gasteiger partial charge in [-0.15, -0.1) is 0 Å². The average molecular weight is 460 g/mol. The molecule has 3 aromatic carbocycles. The molecule has 6 nitrogen and oxygen atoms in total. The van der Waals surface area contributed by atoms with Crippen molar-refractivity contribution in [2.24, 2.45) is 0 Å². The Balaban J connectivity index is 1.89. The topological polar surface area (TPSA) is 72.9 Å². The first-order valence-corrected chi connectivity index (χ1v) is 11.3. The minimum absolute atomic E-state index is 0.0368. The third kappa shape index (κ3) is 6.07. The summed E-state index contributed by atoms with van der Waals surface area (Å²) in [6.07, 6.45) is 0. The number of nitrogens with zero attached hydrogens (tertiary/aromatic N) is 1. The molecule has 0 spiro atoms. The van der Waals surface area contributed by atoms with E-state index in [0.717, 1.165) is 11.1 Å². The van der Waals surface area contributed by atoms with Crippen LogP contribution in [0.1, 0.15) is 11.1 Å². The van der Waals surface area contributed by atoms with Gasteiger partial charge >= 0.3 is 5.97 Å². The van der Waals surface area contributed by atoms with Crippen molar-refractivity contribution >= 4 is 27.6 Å². The molecular formula is C23H22ClNO5S. The molecule has 0 heterocycles. The fraction of sp³-hybridized carbons (Fsp3) is 0.174. The molecule has 8 heteroatoms. The van der Waals surface area contributed by atoms with Crippen molar-refractivity contribution in [1.29, 1.82) is 0 Å². The normalized spacial score (nSPS) is 11.3. The van der Waals surface area contributed by atoms with Gasteiger partial charge in [0.1, 0.15) is 5.75 Å². The number of carbonyl (C=O) groups is 1. The van der Waals surface area contributed by atoms with E-state index in [1.54, 1.807) is 0 Å². The van der Waals surface area contributed by atoms with Gasteiger partial charge in [0.25, 0.3) is 0 Å². The van der Waals surface area contributed by atoms with Crippen LogP contribution in [0.5, 0.6) is 5.75 Å². The number of sulfonamides is 1. The maximum Gasteiger partial charge on any atom is 0.343 e. The number of esters is 1. The van der Waals surface area contributed by atoms with Crippen molar-refractivity contribution in [2.75, 3.05) is 13.7 Å². The molecule has 0 amide bonds. The predicted octanol–water partition coefficient (Wildman–Crippen LogP) is 4.28. The molecule has 3 rings (SSSR count). The van der Waals surface area contributed by atoms with Crippen LogP contribution in [0.3, 0.4) is 0 Å². The highest BCUT2D eigenvalue weighted by Gasteiger charge is 2.26. The van der Waals surface area contributed by atoms with Gasteiger partial charge in [-0.05, 0) is 29.3 Å². The predicted molar refractivity (Wildman–Crippen MR) is 118 cm³/mol. The first-order chi connectivity index (χ1) is 14.9. The highest BCUT2D eigenvalue weighted by molar-refractivity contribution is 7.89. The van der Waals surface area contributed by atoms with Crippen LogP contribution in [0.4, 0.5) is 0 Å². The van der Waals surface area contributed by atoms with E-state index in [2.05, 4.69) is 4.74 Å². The second kappa shape index (κ2) is 10.4. The molecule has 0 aliphatic heterocycles. The third-order valence-corrected chi connectivity index (χ3v) is 6.60. The Hall–Kier alpha value is -2.87. The van der Waals surface area contributed by atoms with Gasteiger partial charge in [-0.2, -0.15) is 4.31 Å². The SMILES string of the molecule is COC(=O)COc1ccc(S(=O)(=O)N(Cc2ccccc2)Cc2ccccc2)cc1Cl. The molecule has 0 saturated heterocycles. The zero-order valence-corrected chi connectivity index (χ0v) is 18.5. The van der Waals surface area contributed by atoms with E-state index in [1.807, 2.05) is 60.7 Å². The van der Waals surface area contributed by atoms with Crippen molar-refractivity contribution in [1.82, 2.24) is 4.31 Å². The van der Waals surface area contributed by atoms with Gasteiger partial charge in [-0.25, -0.2) is 13.2 Å². The molecule has 0 fully saturated rings. The molecule has 3 aromatic rings. The fourth-order valence-electron chi connectivity index (χ4n) is 2.90. The van der Waals surface area contributed by atoms with E-state index >= 15 is 0 Å². The summed E-state index contributed by atoms with van der Waals surface area (Å²) in [5, 5.41) is 0.0874. The number of benzene rings is 3. The van der Waals surface area contributed by atoms with Crippen LogP contribution < -0.4 is 4.74 Å². The highest BCUT2D eigenvalue weighted by Crippen LogP contribution is 2.30. The maximum atomic E-state index is 13.5. The van der Waals surface area contributed by atoms with Crippen molar-refractivity contribution < 1.29 is 22.7 Å². The molecule has 0 bridgehead atoms. The molecule has 0 radical (unpaired) electrons. The number of ether oxygens (including phenoxy) is 2. The van der Waals surface area contributed by atoms with Crippen LogP contribution >= 0.6 is 11.6 Å². The van der Waals surface area contributed by atoms with Crippen LogP contribution in [-0.2, 0) is 32.6 Å². The monoisotopic (exact) mass is 459 g/mol. The van der Waals surface area contributed by atoms with Gasteiger partial charge in [-0.3, -0.25) is 0 Å². The molecule has 0 saturated carbocycles. The van der Waals surface area contributed by atoms with Gasteiger partial charge in [0.2, 0.25) is 10.0 Å². The Kier molecular flexibility index (Phi) is 7.68. The summed E-state index contributed by atoms with van der Waals surface area (Å²) in [4.78, 5) is 11.3. The summed E-state index contributed by atoms with van der Waals surface area (Å²) in [7, 11) is -2.62. The molecule has 0 aliphatic rings. The number of rotatable bonds is 9. The molecule has 162 valence electrons. The van der Waals surface area contributed by atoms with E-state index < -0.39 is 16.0 Å². The molecule has 0 N–H and O–H groups in total. The molecule has 0 aliphatic carbocycles. The summed E-state index contributed by atoms with van der Waals surface area (Å²) in [6.45, 7) is 0.0863. The van der Waals surface area contributed by atoms with Gasteiger partial charge in [0, 0.05) is 13.1 Å². The van der Waals surface area contributed by atoms with E-state index in [4.69, 9.17) is 16.3 Å². The second-order valence-corrected chi connectivity index (χ2v) is 9.05. The van der Waals surface area contributed by atoms with Crippen molar-refractivity contribution in [3.63, 3.8) is 0 Å². The number of hydrogen-bond donors (Lipinski definition) is 0. The lowest BCUT2D eigenvalue weighted by molar-refractivity contribution is -0.142. The smallest absolute Gasteiger partial charge is 0.343 e. The number of carbonyl (C=O) groups excluding carboxylic acids is 1. The molecule has 0 atom stereocenters. The minimum Gasteiger partial charge on any atom is -0.480 e. The van der Waals surface area contributed by atoms with Gasteiger partial charge in [0.15, 0.2) is 6.61 Å². The maximum absolute atomic E-state index is 13.5. The number of hydrogen-bond acceptors (Lipinski definition) is 5. The lowest BCUT2D eigenvalue weighted by Gasteiger charge is -2.23. The molecule has 31 heavy (non-hydrogen) atoms. The van der Waals surface area contributed by atoms with Crippen molar-refractivity contribution in [3.05, 3.63) is 95.0 Å². The molecule has 0 unspecified atom stereocenters. The first kappa shape index (κ1) is 22.8. The quantitative estimate of drug-likeness (QED) is 0.446. The Morgan fingerprint density at radius 2 is 1.45 bits per heavy atom. The van der Waals surface area contributed by atoms with E-state index in [9.17, 15) is 13.2 Å². The Morgan fingerprint density at radius 1 is 0.903 bits per heavy atom.